The zero-order valence-electron chi connectivity index (χ0n) is 11.6. The van der Waals surface area contributed by atoms with Gasteiger partial charge in [0.2, 0.25) is 0 Å². The molecule has 0 saturated carbocycles. The summed E-state index contributed by atoms with van der Waals surface area (Å²) in [5.41, 5.74) is 1.49. The summed E-state index contributed by atoms with van der Waals surface area (Å²) in [7, 11) is 1.65. The molecular weight excluding hydrogens is 252 g/mol. The first kappa shape index (κ1) is 13.8. The summed E-state index contributed by atoms with van der Waals surface area (Å²) in [6.07, 6.45) is 0. The van der Waals surface area contributed by atoms with E-state index in [1.165, 1.54) is 5.56 Å². The molecule has 1 aromatic heterocycles. The largest absolute Gasteiger partial charge is 0.497 e. The molecular formula is C15H16N4O. The lowest BCUT2D eigenvalue weighted by Gasteiger charge is -2.21. The molecule has 0 saturated heterocycles. The van der Waals surface area contributed by atoms with Crippen molar-refractivity contribution in [3.05, 3.63) is 47.7 Å². The smallest absolute Gasteiger partial charge is 0.163 e. The minimum absolute atomic E-state index is 0.328. The fourth-order valence-electron chi connectivity index (χ4n) is 1.86. The van der Waals surface area contributed by atoms with Gasteiger partial charge in [-0.1, -0.05) is 12.1 Å². The van der Waals surface area contributed by atoms with Crippen molar-refractivity contribution < 1.29 is 4.74 Å². The number of rotatable bonds is 5. The van der Waals surface area contributed by atoms with E-state index in [1.807, 2.05) is 36.4 Å². The number of benzene rings is 1. The number of anilines is 1. The van der Waals surface area contributed by atoms with E-state index in [9.17, 15) is 0 Å². The first-order valence-electron chi connectivity index (χ1n) is 6.38. The molecule has 0 spiro atoms. The molecule has 0 aliphatic rings. The molecule has 0 N–H and O–H groups in total. The molecule has 0 aliphatic heterocycles. The van der Waals surface area contributed by atoms with Gasteiger partial charge in [0, 0.05) is 13.1 Å². The van der Waals surface area contributed by atoms with Crippen LogP contribution in [0.5, 0.6) is 5.75 Å². The van der Waals surface area contributed by atoms with Crippen molar-refractivity contribution in [3.8, 4) is 11.8 Å². The maximum absolute atomic E-state index is 8.73. The Bertz CT molecular complexity index is 587. The summed E-state index contributed by atoms with van der Waals surface area (Å²) in [6, 6.07) is 13.4. The Labute approximate surface area is 118 Å². The highest BCUT2D eigenvalue weighted by Crippen LogP contribution is 2.16. The van der Waals surface area contributed by atoms with Gasteiger partial charge < -0.3 is 9.64 Å². The van der Waals surface area contributed by atoms with Gasteiger partial charge in [0.15, 0.2) is 11.5 Å². The van der Waals surface area contributed by atoms with Gasteiger partial charge in [0.05, 0.1) is 7.11 Å². The SMILES string of the molecule is CCN(Cc1ccc(OC)cc1)c1ccc(C#N)nn1. The number of aromatic nitrogens is 2. The lowest BCUT2D eigenvalue weighted by Crippen LogP contribution is -2.23. The first-order valence-corrected chi connectivity index (χ1v) is 6.38. The highest BCUT2D eigenvalue weighted by Gasteiger charge is 2.07. The van der Waals surface area contributed by atoms with E-state index < -0.39 is 0 Å². The summed E-state index contributed by atoms with van der Waals surface area (Å²) in [4.78, 5) is 2.09. The normalized spacial score (nSPS) is 9.85. The summed E-state index contributed by atoms with van der Waals surface area (Å²) >= 11 is 0. The van der Waals surface area contributed by atoms with E-state index >= 15 is 0 Å². The van der Waals surface area contributed by atoms with Crippen molar-refractivity contribution in [3.63, 3.8) is 0 Å². The molecule has 102 valence electrons. The Morgan fingerprint density at radius 1 is 1.15 bits per heavy atom. The van der Waals surface area contributed by atoms with Crippen LogP contribution in [0.4, 0.5) is 5.82 Å². The van der Waals surface area contributed by atoms with Gasteiger partial charge in [-0.25, -0.2) is 0 Å². The third-order valence-electron chi connectivity index (χ3n) is 3.00. The quantitative estimate of drug-likeness (QED) is 0.833. The Kier molecular flexibility index (Phi) is 4.51. The molecule has 20 heavy (non-hydrogen) atoms. The molecule has 5 nitrogen and oxygen atoms in total. The topological polar surface area (TPSA) is 62.0 Å². The zero-order valence-corrected chi connectivity index (χ0v) is 11.6. The molecule has 0 amide bonds. The van der Waals surface area contributed by atoms with Gasteiger partial charge in [0.25, 0.3) is 0 Å². The van der Waals surface area contributed by atoms with Crippen molar-refractivity contribution in [2.75, 3.05) is 18.6 Å². The number of nitriles is 1. The maximum Gasteiger partial charge on any atom is 0.163 e. The molecule has 0 fully saturated rings. The van der Waals surface area contributed by atoms with Crippen molar-refractivity contribution >= 4 is 5.82 Å². The van der Waals surface area contributed by atoms with Crippen LogP contribution in [0.2, 0.25) is 0 Å². The van der Waals surface area contributed by atoms with Crippen LogP contribution < -0.4 is 9.64 Å². The fourth-order valence-corrected chi connectivity index (χ4v) is 1.86. The average Bonchev–Trinajstić information content (AvgIpc) is 2.53. The number of methoxy groups -OCH3 is 1. The molecule has 0 atom stereocenters. The molecule has 0 unspecified atom stereocenters. The summed E-state index contributed by atoms with van der Waals surface area (Å²) in [5.74, 6) is 1.61. The standard InChI is InChI=1S/C15H16N4O/c1-3-19(15-9-6-13(10-16)17-18-15)11-12-4-7-14(20-2)8-5-12/h4-9H,3,11H2,1-2H3. The number of hydrogen-bond donors (Lipinski definition) is 0. The van der Waals surface area contributed by atoms with E-state index in [0.717, 1.165) is 24.7 Å². The minimum Gasteiger partial charge on any atom is -0.497 e. The van der Waals surface area contributed by atoms with Gasteiger partial charge >= 0.3 is 0 Å². The number of nitrogens with zero attached hydrogens (tertiary/aromatic N) is 4. The van der Waals surface area contributed by atoms with Crippen LogP contribution >= 0.6 is 0 Å². The fraction of sp³-hybridized carbons (Fsp3) is 0.267. The molecule has 1 aromatic carbocycles. The summed E-state index contributed by atoms with van der Waals surface area (Å²) in [5, 5.41) is 16.7. The van der Waals surface area contributed by atoms with Crippen molar-refractivity contribution in [2.24, 2.45) is 0 Å². The maximum atomic E-state index is 8.73. The predicted molar refractivity (Wildman–Crippen MR) is 76.5 cm³/mol. The van der Waals surface area contributed by atoms with Crippen LogP contribution in [-0.4, -0.2) is 23.9 Å². The van der Waals surface area contributed by atoms with Crippen LogP contribution in [0.1, 0.15) is 18.2 Å². The molecule has 5 heteroatoms. The number of hydrogen-bond acceptors (Lipinski definition) is 5. The molecule has 0 bridgehead atoms. The Balaban J connectivity index is 2.12. The van der Waals surface area contributed by atoms with Gasteiger partial charge in [-0.2, -0.15) is 5.26 Å². The van der Waals surface area contributed by atoms with Crippen LogP contribution in [0.25, 0.3) is 0 Å². The molecule has 0 aliphatic carbocycles. The van der Waals surface area contributed by atoms with E-state index in [-0.39, 0.29) is 0 Å². The minimum atomic E-state index is 0.328. The molecule has 0 radical (unpaired) electrons. The highest BCUT2D eigenvalue weighted by molar-refractivity contribution is 5.40. The van der Waals surface area contributed by atoms with Crippen molar-refractivity contribution in [1.82, 2.24) is 10.2 Å². The molecule has 1 heterocycles. The Morgan fingerprint density at radius 2 is 1.90 bits per heavy atom. The van der Waals surface area contributed by atoms with Crippen molar-refractivity contribution in [2.45, 2.75) is 13.5 Å². The monoisotopic (exact) mass is 268 g/mol. The van der Waals surface area contributed by atoms with Crippen molar-refractivity contribution in [1.29, 1.82) is 5.26 Å². The zero-order chi connectivity index (χ0) is 14.4. The molecule has 2 rings (SSSR count). The first-order chi connectivity index (χ1) is 9.76. The van der Waals surface area contributed by atoms with E-state index in [0.29, 0.717) is 5.69 Å². The Hall–Kier alpha value is -2.61. The lowest BCUT2D eigenvalue weighted by atomic mass is 10.2. The molecule has 2 aromatic rings. The highest BCUT2D eigenvalue weighted by atomic mass is 16.5. The average molecular weight is 268 g/mol. The van der Waals surface area contributed by atoms with Gasteiger partial charge in [-0.15, -0.1) is 10.2 Å². The number of ether oxygens (including phenoxy) is 1. The second-order valence-electron chi connectivity index (χ2n) is 4.25. The van der Waals surface area contributed by atoms with Crippen LogP contribution in [-0.2, 0) is 6.54 Å². The van der Waals surface area contributed by atoms with Crippen LogP contribution in [0, 0.1) is 11.3 Å². The van der Waals surface area contributed by atoms with E-state index in [2.05, 4.69) is 22.0 Å². The lowest BCUT2D eigenvalue weighted by molar-refractivity contribution is 0.414. The van der Waals surface area contributed by atoms with E-state index in [4.69, 9.17) is 10.00 Å². The summed E-state index contributed by atoms with van der Waals surface area (Å²) in [6.45, 7) is 3.61. The van der Waals surface area contributed by atoms with E-state index in [1.54, 1.807) is 13.2 Å². The second kappa shape index (κ2) is 6.53. The Morgan fingerprint density at radius 3 is 2.40 bits per heavy atom. The van der Waals surface area contributed by atoms with Gasteiger partial charge in [0.1, 0.15) is 11.8 Å². The predicted octanol–water partition coefficient (Wildman–Crippen LogP) is 2.38. The second-order valence-corrected chi connectivity index (χ2v) is 4.25. The third-order valence-corrected chi connectivity index (χ3v) is 3.00. The van der Waals surface area contributed by atoms with Gasteiger partial charge in [-0.3, -0.25) is 0 Å². The van der Waals surface area contributed by atoms with Crippen LogP contribution in [0.15, 0.2) is 36.4 Å². The van der Waals surface area contributed by atoms with Crippen LogP contribution in [0.3, 0.4) is 0 Å². The van der Waals surface area contributed by atoms with Gasteiger partial charge in [-0.05, 0) is 36.8 Å². The third kappa shape index (κ3) is 3.23. The summed E-state index contributed by atoms with van der Waals surface area (Å²) < 4.78 is 5.14.